The summed E-state index contributed by atoms with van der Waals surface area (Å²) in [6.07, 6.45) is -3.65. The van der Waals surface area contributed by atoms with Crippen LogP contribution in [0, 0.1) is 6.92 Å². The van der Waals surface area contributed by atoms with E-state index in [4.69, 9.17) is 0 Å². The number of hydrogen-bond acceptors (Lipinski definition) is 1. The molecule has 2 rings (SSSR count). The van der Waals surface area contributed by atoms with Crippen LogP contribution in [0.3, 0.4) is 0 Å². The Morgan fingerprint density at radius 1 is 1.05 bits per heavy atom. The third-order valence-corrected chi connectivity index (χ3v) is 3.84. The van der Waals surface area contributed by atoms with Crippen molar-refractivity contribution < 1.29 is 18.0 Å². The zero-order chi connectivity index (χ0) is 16.3. The molecular formula is C17H15F3OS. The summed E-state index contributed by atoms with van der Waals surface area (Å²) in [6, 6.07) is 10.7. The lowest BCUT2D eigenvalue weighted by Crippen LogP contribution is -2.10. The van der Waals surface area contributed by atoms with Gasteiger partial charge in [0, 0.05) is 5.56 Å². The van der Waals surface area contributed by atoms with Gasteiger partial charge in [0.1, 0.15) is 0 Å². The smallest absolute Gasteiger partial charge is 0.282 e. The molecule has 22 heavy (non-hydrogen) atoms. The van der Waals surface area contributed by atoms with E-state index in [1.165, 1.54) is 12.1 Å². The lowest BCUT2D eigenvalue weighted by molar-refractivity contribution is -0.138. The highest BCUT2D eigenvalue weighted by atomic mass is 32.1. The van der Waals surface area contributed by atoms with E-state index >= 15 is 0 Å². The van der Waals surface area contributed by atoms with Gasteiger partial charge in [-0.2, -0.15) is 13.2 Å². The van der Waals surface area contributed by atoms with Crippen LogP contribution in [-0.2, 0) is 19.0 Å². The molecule has 0 amide bonds. The molecule has 0 fully saturated rings. The molecule has 0 atom stereocenters. The first-order valence-electron chi connectivity index (χ1n) is 6.77. The highest BCUT2D eigenvalue weighted by Gasteiger charge is 2.32. The predicted molar refractivity (Wildman–Crippen MR) is 83.3 cm³/mol. The summed E-state index contributed by atoms with van der Waals surface area (Å²) in [7, 11) is 0. The fourth-order valence-electron chi connectivity index (χ4n) is 2.36. The first kappa shape index (κ1) is 16.6. The van der Waals surface area contributed by atoms with Crippen LogP contribution < -0.4 is 0 Å². The molecule has 0 saturated carbocycles. The van der Waals surface area contributed by atoms with Crippen molar-refractivity contribution in [2.75, 3.05) is 0 Å². The van der Waals surface area contributed by atoms with E-state index < -0.39 is 11.7 Å². The lowest BCUT2D eigenvalue weighted by atomic mass is 9.96. The molecule has 1 nitrogen and oxygen atoms in total. The molecule has 0 aliphatic rings. The Balaban J connectivity index is 2.24. The maximum absolute atomic E-state index is 13.0. The summed E-state index contributed by atoms with van der Waals surface area (Å²) in [5.74, 6) is 0. The monoisotopic (exact) mass is 324 g/mol. The van der Waals surface area contributed by atoms with E-state index in [1.54, 1.807) is 24.3 Å². The molecule has 116 valence electrons. The topological polar surface area (TPSA) is 17.1 Å². The van der Waals surface area contributed by atoms with E-state index in [2.05, 4.69) is 12.6 Å². The van der Waals surface area contributed by atoms with Gasteiger partial charge in [-0.25, -0.2) is 0 Å². The average molecular weight is 324 g/mol. The van der Waals surface area contributed by atoms with Crippen LogP contribution in [-0.4, -0.2) is 5.12 Å². The van der Waals surface area contributed by atoms with Gasteiger partial charge in [-0.3, -0.25) is 4.79 Å². The quantitative estimate of drug-likeness (QED) is 0.794. The van der Waals surface area contributed by atoms with Crippen molar-refractivity contribution in [1.82, 2.24) is 0 Å². The standard InChI is InChI=1S/C17H15F3OS/c1-11-6-7-14(16(21)22)10-13(11)9-8-12-4-2-3-5-15(12)17(18,19)20/h2-7,10H,8-9H2,1H3,(H,21,22). The van der Waals surface area contributed by atoms with Crippen molar-refractivity contribution in [3.05, 3.63) is 70.3 Å². The number of alkyl halides is 3. The number of benzene rings is 2. The summed E-state index contributed by atoms with van der Waals surface area (Å²) in [5, 5.41) is -0.350. The maximum Gasteiger partial charge on any atom is 0.416 e. The van der Waals surface area contributed by atoms with E-state index in [-0.39, 0.29) is 17.1 Å². The SMILES string of the molecule is Cc1ccc(C(=O)S)cc1CCc1ccccc1C(F)(F)F. The first-order valence-corrected chi connectivity index (χ1v) is 7.21. The molecule has 2 aromatic carbocycles. The first-order chi connectivity index (χ1) is 10.3. The van der Waals surface area contributed by atoms with Gasteiger partial charge in [-0.05, 0) is 48.6 Å². The Labute approximate surface area is 132 Å². The van der Waals surface area contributed by atoms with Crippen LogP contribution in [0.25, 0.3) is 0 Å². The Bertz CT molecular complexity index is 693. The number of hydrogen-bond donors (Lipinski definition) is 1. The molecule has 0 bridgehead atoms. The number of thiol groups is 1. The van der Waals surface area contributed by atoms with E-state index in [9.17, 15) is 18.0 Å². The number of carbonyl (C=O) groups is 1. The molecule has 0 saturated heterocycles. The molecule has 5 heteroatoms. The van der Waals surface area contributed by atoms with Gasteiger partial charge in [0.25, 0.3) is 0 Å². The number of aryl methyl sites for hydroxylation is 3. The summed E-state index contributed by atoms with van der Waals surface area (Å²) in [4.78, 5) is 11.3. The van der Waals surface area contributed by atoms with Crippen molar-refractivity contribution in [1.29, 1.82) is 0 Å². The lowest BCUT2D eigenvalue weighted by Gasteiger charge is -2.13. The van der Waals surface area contributed by atoms with Gasteiger partial charge in [0.05, 0.1) is 5.56 Å². The highest BCUT2D eigenvalue weighted by molar-refractivity contribution is 7.97. The van der Waals surface area contributed by atoms with Crippen molar-refractivity contribution in [3.63, 3.8) is 0 Å². The number of rotatable bonds is 4. The molecule has 0 heterocycles. The third kappa shape index (κ3) is 3.91. The summed E-state index contributed by atoms with van der Waals surface area (Å²) in [6.45, 7) is 1.87. The van der Waals surface area contributed by atoms with Crippen molar-refractivity contribution in [2.45, 2.75) is 25.9 Å². The maximum atomic E-state index is 13.0. The molecule has 0 spiro atoms. The second-order valence-corrected chi connectivity index (χ2v) is 5.51. The van der Waals surface area contributed by atoms with Crippen LogP contribution in [0.5, 0.6) is 0 Å². The molecule has 0 radical (unpaired) electrons. The Morgan fingerprint density at radius 2 is 1.68 bits per heavy atom. The van der Waals surface area contributed by atoms with Crippen LogP contribution in [0.2, 0.25) is 0 Å². The highest BCUT2D eigenvalue weighted by Crippen LogP contribution is 2.32. The third-order valence-electron chi connectivity index (χ3n) is 3.58. The van der Waals surface area contributed by atoms with Gasteiger partial charge in [0.2, 0.25) is 5.12 Å². The summed E-state index contributed by atoms with van der Waals surface area (Å²) in [5.41, 5.74) is 1.92. The van der Waals surface area contributed by atoms with Gasteiger partial charge < -0.3 is 0 Å². The van der Waals surface area contributed by atoms with Crippen molar-refractivity contribution in [2.24, 2.45) is 0 Å². The van der Waals surface area contributed by atoms with Gasteiger partial charge in [-0.15, -0.1) is 12.6 Å². The van der Waals surface area contributed by atoms with Crippen LogP contribution >= 0.6 is 12.6 Å². The molecule has 0 aliphatic heterocycles. The Morgan fingerprint density at radius 3 is 2.32 bits per heavy atom. The number of halogens is 3. The van der Waals surface area contributed by atoms with E-state index in [1.807, 2.05) is 6.92 Å². The van der Waals surface area contributed by atoms with Gasteiger partial charge in [-0.1, -0.05) is 30.3 Å². The molecule has 2 aromatic rings. The van der Waals surface area contributed by atoms with Gasteiger partial charge >= 0.3 is 6.18 Å². The average Bonchev–Trinajstić information content (AvgIpc) is 2.45. The minimum Gasteiger partial charge on any atom is -0.282 e. The molecular weight excluding hydrogens is 309 g/mol. The zero-order valence-corrected chi connectivity index (χ0v) is 12.8. The summed E-state index contributed by atoms with van der Waals surface area (Å²) >= 11 is 3.77. The van der Waals surface area contributed by atoms with Crippen LogP contribution in [0.1, 0.15) is 32.6 Å². The van der Waals surface area contributed by atoms with Crippen LogP contribution in [0.15, 0.2) is 42.5 Å². The fraction of sp³-hybridized carbons (Fsp3) is 0.235. The molecule has 0 aliphatic carbocycles. The Hall–Kier alpha value is -1.75. The predicted octanol–water partition coefficient (Wildman–Crippen LogP) is 4.87. The van der Waals surface area contributed by atoms with Crippen molar-refractivity contribution in [3.8, 4) is 0 Å². The minimum absolute atomic E-state index is 0.261. The van der Waals surface area contributed by atoms with E-state index in [0.717, 1.165) is 17.2 Å². The van der Waals surface area contributed by atoms with Crippen molar-refractivity contribution >= 4 is 17.7 Å². The minimum atomic E-state index is -4.35. The number of carbonyl (C=O) groups excluding carboxylic acids is 1. The van der Waals surface area contributed by atoms with Crippen LogP contribution in [0.4, 0.5) is 13.2 Å². The van der Waals surface area contributed by atoms with E-state index in [0.29, 0.717) is 12.0 Å². The molecule has 0 unspecified atom stereocenters. The Kier molecular flexibility index (Phi) is 4.96. The molecule has 0 N–H and O–H groups in total. The summed E-state index contributed by atoms with van der Waals surface area (Å²) < 4.78 is 38.9. The second-order valence-electron chi connectivity index (χ2n) is 5.10. The largest absolute Gasteiger partial charge is 0.416 e. The van der Waals surface area contributed by atoms with Gasteiger partial charge in [0.15, 0.2) is 0 Å². The molecule has 0 aromatic heterocycles. The fourth-order valence-corrected chi connectivity index (χ4v) is 2.50. The zero-order valence-electron chi connectivity index (χ0n) is 11.9. The second kappa shape index (κ2) is 6.57. The normalized spacial score (nSPS) is 11.5.